The van der Waals surface area contributed by atoms with Gasteiger partial charge in [0.15, 0.2) is 0 Å². The molecule has 1 atom stereocenters. The molecule has 0 amide bonds. The predicted molar refractivity (Wildman–Crippen MR) is 76.5 cm³/mol. The van der Waals surface area contributed by atoms with Crippen molar-refractivity contribution in [3.05, 3.63) is 70.4 Å². The fourth-order valence-electron chi connectivity index (χ4n) is 2.17. The standard InChI is InChI=1S/C16H13ClO2/c1-10-6-7-14-11(8-10)9-15(19-14)16(18)12-4-2-3-5-13(12)17/h2-9,16,18H,1H3. The Balaban J connectivity index is 2.07. The maximum absolute atomic E-state index is 10.4. The van der Waals surface area contributed by atoms with Crippen LogP contribution in [0.15, 0.2) is 52.9 Å². The maximum Gasteiger partial charge on any atom is 0.138 e. The van der Waals surface area contributed by atoms with Crippen molar-refractivity contribution in [2.45, 2.75) is 13.0 Å². The van der Waals surface area contributed by atoms with Gasteiger partial charge in [-0.25, -0.2) is 0 Å². The molecule has 2 aromatic carbocycles. The van der Waals surface area contributed by atoms with E-state index in [1.807, 2.05) is 43.3 Å². The van der Waals surface area contributed by atoms with Gasteiger partial charge in [-0.1, -0.05) is 41.4 Å². The Morgan fingerprint density at radius 1 is 1.11 bits per heavy atom. The van der Waals surface area contributed by atoms with Crippen molar-refractivity contribution in [3.8, 4) is 0 Å². The monoisotopic (exact) mass is 272 g/mol. The minimum Gasteiger partial charge on any atom is -0.458 e. The molecule has 0 aliphatic carbocycles. The third-order valence-corrected chi connectivity index (χ3v) is 3.50. The summed E-state index contributed by atoms with van der Waals surface area (Å²) in [5, 5.41) is 11.9. The van der Waals surface area contributed by atoms with Gasteiger partial charge in [-0.15, -0.1) is 0 Å². The second-order valence-corrected chi connectivity index (χ2v) is 5.02. The van der Waals surface area contributed by atoms with Crippen LogP contribution in [0.2, 0.25) is 5.02 Å². The molecule has 2 nitrogen and oxygen atoms in total. The highest BCUT2D eigenvalue weighted by molar-refractivity contribution is 6.31. The number of halogens is 1. The molecule has 0 saturated carbocycles. The molecule has 0 aliphatic heterocycles. The molecule has 0 radical (unpaired) electrons. The Labute approximate surface area is 116 Å². The average Bonchev–Trinajstić information content (AvgIpc) is 2.81. The first-order valence-corrected chi connectivity index (χ1v) is 6.45. The van der Waals surface area contributed by atoms with E-state index in [-0.39, 0.29) is 0 Å². The van der Waals surface area contributed by atoms with Crippen molar-refractivity contribution >= 4 is 22.6 Å². The molecule has 1 heterocycles. The van der Waals surface area contributed by atoms with Gasteiger partial charge >= 0.3 is 0 Å². The molecule has 0 fully saturated rings. The van der Waals surface area contributed by atoms with Crippen LogP contribution in [0.1, 0.15) is 23.0 Å². The van der Waals surface area contributed by atoms with Crippen LogP contribution in [0.4, 0.5) is 0 Å². The van der Waals surface area contributed by atoms with Crippen LogP contribution in [0, 0.1) is 6.92 Å². The number of hydrogen-bond donors (Lipinski definition) is 1. The summed E-state index contributed by atoms with van der Waals surface area (Å²) in [5.74, 6) is 0.508. The van der Waals surface area contributed by atoms with Gasteiger partial charge in [0, 0.05) is 16.0 Å². The molecule has 0 bridgehead atoms. The lowest BCUT2D eigenvalue weighted by Gasteiger charge is -2.09. The Bertz CT molecular complexity index is 730. The van der Waals surface area contributed by atoms with Crippen molar-refractivity contribution in [3.63, 3.8) is 0 Å². The van der Waals surface area contributed by atoms with Gasteiger partial charge in [-0.2, -0.15) is 0 Å². The zero-order valence-electron chi connectivity index (χ0n) is 10.4. The Morgan fingerprint density at radius 3 is 2.68 bits per heavy atom. The van der Waals surface area contributed by atoms with Gasteiger partial charge in [0.25, 0.3) is 0 Å². The fraction of sp³-hybridized carbons (Fsp3) is 0.125. The summed E-state index contributed by atoms with van der Waals surface area (Å²) >= 11 is 6.09. The molecule has 0 saturated heterocycles. The molecule has 0 spiro atoms. The van der Waals surface area contributed by atoms with E-state index >= 15 is 0 Å². The quantitative estimate of drug-likeness (QED) is 0.746. The van der Waals surface area contributed by atoms with Crippen molar-refractivity contribution < 1.29 is 9.52 Å². The van der Waals surface area contributed by atoms with Crippen LogP contribution in [0.5, 0.6) is 0 Å². The van der Waals surface area contributed by atoms with E-state index in [0.717, 1.165) is 16.5 Å². The molecule has 3 aromatic rings. The molecular weight excluding hydrogens is 260 g/mol. The minimum absolute atomic E-state index is 0.508. The van der Waals surface area contributed by atoms with E-state index in [0.29, 0.717) is 16.3 Å². The summed E-state index contributed by atoms with van der Waals surface area (Å²) in [4.78, 5) is 0. The van der Waals surface area contributed by atoms with Crippen LogP contribution < -0.4 is 0 Å². The summed E-state index contributed by atoms with van der Waals surface area (Å²) < 4.78 is 5.69. The molecule has 1 N–H and O–H groups in total. The highest BCUT2D eigenvalue weighted by Crippen LogP contribution is 2.31. The number of rotatable bonds is 2. The number of hydrogen-bond acceptors (Lipinski definition) is 2. The molecular formula is C16H13ClO2. The van der Waals surface area contributed by atoms with Crippen LogP contribution in [0.25, 0.3) is 11.0 Å². The van der Waals surface area contributed by atoms with Gasteiger partial charge in [-0.05, 0) is 31.2 Å². The molecule has 3 rings (SSSR count). The van der Waals surface area contributed by atoms with Gasteiger partial charge < -0.3 is 9.52 Å². The number of aryl methyl sites for hydroxylation is 1. The summed E-state index contributed by atoms with van der Waals surface area (Å²) in [6.07, 6.45) is -0.846. The predicted octanol–water partition coefficient (Wildman–Crippen LogP) is 4.48. The molecule has 19 heavy (non-hydrogen) atoms. The number of aliphatic hydroxyl groups excluding tert-OH is 1. The smallest absolute Gasteiger partial charge is 0.138 e. The average molecular weight is 273 g/mol. The fourth-order valence-corrected chi connectivity index (χ4v) is 2.41. The maximum atomic E-state index is 10.4. The summed E-state index contributed by atoms with van der Waals surface area (Å²) in [6, 6.07) is 15.0. The number of benzene rings is 2. The Hall–Kier alpha value is -1.77. The lowest BCUT2D eigenvalue weighted by atomic mass is 10.1. The molecule has 0 aliphatic rings. The molecule has 1 aromatic heterocycles. The van der Waals surface area contributed by atoms with E-state index in [4.69, 9.17) is 16.0 Å². The molecule has 1 unspecified atom stereocenters. The molecule has 96 valence electrons. The zero-order valence-corrected chi connectivity index (χ0v) is 11.2. The molecule has 3 heteroatoms. The summed E-state index contributed by atoms with van der Waals surface area (Å²) in [5.41, 5.74) is 2.58. The minimum atomic E-state index is -0.846. The van der Waals surface area contributed by atoms with Crippen LogP contribution >= 0.6 is 11.6 Å². The van der Waals surface area contributed by atoms with Crippen LogP contribution in [-0.4, -0.2) is 5.11 Å². The second-order valence-electron chi connectivity index (χ2n) is 4.61. The largest absolute Gasteiger partial charge is 0.458 e. The van der Waals surface area contributed by atoms with Crippen molar-refractivity contribution in [1.82, 2.24) is 0 Å². The number of aliphatic hydroxyl groups is 1. The van der Waals surface area contributed by atoms with Crippen LogP contribution in [-0.2, 0) is 0 Å². The first-order valence-electron chi connectivity index (χ1n) is 6.08. The first kappa shape index (κ1) is 12.3. The summed E-state index contributed by atoms with van der Waals surface area (Å²) in [6.45, 7) is 2.02. The van der Waals surface area contributed by atoms with E-state index in [9.17, 15) is 5.11 Å². The van der Waals surface area contributed by atoms with Gasteiger partial charge in [0.2, 0.25) is 0 Å². The van der Waals surface area contributed by atoms with Crippen LogP contribution in [0.3, 0.4) is 0 Å². The number of furan rings is 1. The van der Waals surface area contributed by atoms with E-state index in [2.05, 4.69) is 0 Å². The highest BCUT2D eigenvalue weighted by atomic mass is 35.5. The highest BCUT2D eigenvalue weighted by Gasteiger charge is 2.17. The Kier molecular flexibility index (Phi) is 3.05. The van der Waals surface area contributed by atoms with Crippen molar-refractivity contribution in [1.29, 1.82) is 0 Å². The van der Waals surface area contributed by atoms with Crippen molar-refractivity contribution in [2.24, 2.45) is 0 Å². The number of fused-ring (bicyclic) bond motifs is 1. The third-order valence-electron chi connectivity index (χ3n) is 3.16. The SMILES string of the molecule is Cc1ccc2oc(C(O)c3ccccc3Cl)cc2c1. The second kappa shape index (κ2) is 4.72. The van der Waals surface area contributed by atoms with Crippen molar-refractivity contribution in [2.75, 3.05) is 0 Å². The normalized spacial score (nSPS) is 12.8. The van der Waals surface area contributed by atoms with Gasteiger partial charge in [0.05, 0.1) is 0 Å². The topological polar surface area (TPSA) is 33.4 Å². The van der Waals surface area contributed by atoms with E-state index in [1.165, 1.54) is 0 Å². The van der Waals surface area contributed by atoms with E-state index < -0.39 is 6.10 Å². The zero-order chi connectivity index (χ0) is 13.4. The first-order chi connectivity index (χ1) is 9.15. The lowest BCUT2D eigenvalue weighted by molar-refractivity contribution is 0.192. The third kappa shape index (κ3) is 2.25. The summed E-state index contributed by atoms with van der Waals surface area (Å²) in [7, 11) is 0. The van der Waals surface area contributed by atoms with Gasteiger partial charge in [-0.3, -0.25) is 0 Å². The lowest BCUT2D eigenvalue weighted by Crippen LogP contribution is -1.98. The van der Waals surface area contributed by atoms with Gasteiger partial charge in [0.1, 0.15) is 17.4 Å². The van der Waals surface area contributed by atoms with E-state index in [1.54, 1.807) is 12.1 Å². The Morgan fingerprint density at radius 2 is 1.89 bits per heavy atom.